The zero-order valence-corrected chi connectivity index (χ0v) is 43.3. The predicted octanol–water partition coefficient (Wildman–Crippen LogP) is 18.1. The van der Waals surface area contributed by atoms with E-state index in [4.69, 9.17) is 0 Å². The molecule has 0 saturated carbocycles. The number of carbonyl (C=O) groups is 1. The number of unbranched alkanes of at least 4 members (excludes halogenated alkanes) is 47. The zero-order valence-electron chi connectivity index (χ0n) is 43.3. The van der Waals surface area contributed by atoms with Crippen LogP contribution in [0, 0.1) is 0 Å². The first-order valence-corrected chi connectivity index (χ1v) is 29.3. The Bertz CT molecular complexity index is 853. The molecule has 3 unspecified atom stereocenters. The fraction of sp³-hybridized carbons (Fsp3) is 0.983. The first-order chi connectivity index (χ1) is 31.1. The third-order valence-electron chi connectivity index (χ3n) is 14.2. The molecule has 0 aromatic heterocycles. The highest BCUT2D eigenvalue weighted by molar-refractivity contribution is 5.76. The molecule has 0 radical (unpaired) electrons. The van der Waals surface area contributed by atoms with Crippen molar-refractivity contribution in [3.63, 3.8) is 0 Å². The molecule has 0 aromatic rings. The summed E-state index contributed by atoms with van der Waals surface area (Å²) >= 11 is 0. The van der Waals surface area contributed by atoms with Crippen molar-refractivity contribution in [2.24, 2.45) is 0 Å². The van der Waals surface area contributed by atoms with Gasteiger partial charge in [0.05, 0.1) is 18.8 Å². The molecule has 5 heteroatoms. The first kappa shape index (κ1) is 62.4. The number of hydrogen-bond donors (Lipinski definition) is 4. The Morgan fingerprint density at radius 1 is 0.333 bits per heavy atom. The highest BCUT2D eigenvalue weighted by atomic mass is 16.3. The van der Waals surface area contributed by atoms with E-state index in [0.717, 1.165) is 32.1 Å². The van der Waals surface area contributed by atoms with Crippen molar-refractivity contribution in [2.45, 2.75) is 360 Å². The van der Waals surface area contributed by atoms with E-state index in [1.54, 1.807) is 0 Å². The van der Waals surface area contributed by atoms with Gasteiger partial charge in [0.2, 0.25) is 5.91 Å². The quantitative estimate of drug-likeness (QED) is 0.0458. The lowest BCUT2D eigenvalue weighted by atomic mass is 9.99. The lowest BCUT2D eigenvalue weighted by molar-refractivity contribution is -0.124. The van der Waals surface area contributed by atoms with E-state index in [0.29, 0.717) is 12.8 Å². The number of aliphatic hydroxyl groups is 3. The van der Waals surface area contributed by atoms with Crippen LogP contribution in [0.5, 0.6) is 0 Å². The Kier molecular flexibility index (Phi) is 53.4. The van der Waals surface area contributed by atoms with Crippen molar-refractivity contribution in [3.8, 4) is 0 Å². The standard InChI is InChI=1S/C58H117NO4/c1-3-5-7-9-11-13-15-17-19-20-21-22-23-24-25-26-27-28-29-30-31-32-33-34-35-36-37-38-39-41-43-45-47-49-51-53-57(62)59-55(54-60)58(63)56(61)52-50-48-46-44-42-40-18-16-14-12-10-8-6-4-2/h55-56,58,60-61,63H,3-54H2,1-2H3,(H,59,62). The lowest BCUT2D eigenvalue weighted by Gasteiger charge is -2.26. The molecule has 0 fully saturated rings. The second-order valence-electron chi connectivity index (χ2n) is 20.6. The molecule has 5 nitrogen and oxygen atoms in total. The molecule has 0 bridgehead atoms. The van der Waals surface area contributed by atoms with Gasteiger partial charge in [-0.1, -0.05) is 322 Å². The number of carbonyl (C=O) groups excluding carboxylic acids is 1. The fourth-order valence-corrected chi connectivity index (χ4v) is 9.70. The predicted molar refractivity (Wildman–Crippen MR) is 278 cm³/mol. The summed E-state index contributed by atoms with van der Waals surface area (Å²) in [7, 11) is 0. The van der Waals surface area contributed by atoms with Gasteiger partial charge in [0.1, 0.15) is 6.10 Å². The van der Waals surface area contributed by atoms with Gasteiger partial charge in [0, 0.05) is 6.42 Å². The van der Waals surface area contributed by atoms with Crippen LogP contribution in [0.25, 0.3) is 0 Å². The van der Waals surface area contributed by atoms with Crippen molar-refractivity contribution in [3.05, 3.63) is 0 Å². The van der Waals surface area contributed by atoms with Gasteiger partial charge in [-0.25, -0.2) is 0 Å². The van der Waals surface area contributed by atoms with Crippen molar-refractivity contribution in [2.75, 3.05) is 6.61 Å². The Hall–Kier alpha value is -0.650. The van der Waals surface area contributed by atoms with Crippen LogP contribution in [0.4, 0.5) is 0 Å². The molecular formula is C58H117NO4. The Balaban J connectivity index is 3.40. The molecule has 378 valence electrons. The van der Waals surface area contributed by atoms with E-state index >= 15 is 0 Å². The number of amides is 1. The molecule has 3 atom stereocenters. The van der Waals surface area contributed by atoms with Crippen molar-refractivity contribution in [1.29, 1.82) is 0 Å². The van der Waals surface area contributed by atoms with Crippen LogP contribution in [0.1, 0.15) is 341 Å². The lowest BCUT2D eigenvalue weighted by Crippen LogP contribution is -2.50. The van der Waals surface area contributed by atoms with E-state index in [9.17, 15) is 20.1 Å². The average Bonchev–Trinajstić information content (AvgIpc) is 3.29. The molecule has 0 rings (SSSR count). The van der Waals surface area contributed by atoms with Crippen LogP contribution in [-0.2, 0) is 4.79 Å². The van der Waals surface area contributed by atoms with Gasteiger partial charge >= 0.3 is 0 Å². The summed E-state index contributed by atoms with van der Waals surface area (Å²) in [4.78, 5) is 12.5. The van der Waals surface area contributed by atoms with Gasteiger partial charge in [-0.3, -0.25) is 4.79 Å². The molecule has 0 aromatic carbocycles. The van der Waals surface area contributed by atoms with Gasteiger partial charge in [-0.2, -0.15) is 0 Å². The Morgan fingerprint density at radius 2 is 0.540 bits per heavy atom. The molecule has 0 heterocycles. The summed E-state index contributed by atoms with van der Waals surface area (Å²) in [6.45, 7) is 4.22. The fourth-order valence-electron chi connectivity index (χ4n) is 9.70. The summed E-state index contributed by atoms with van der Waals surface area (Å²) in [6.07, 6.45) is 65.7. The van der Waals surface area contributed by atoms with Gasteiger partial charge < -0.3 is 20.6 Å². The third kappa shape index (κ3) is 49.1. The van der Waals surface area contributed by atoms with Crippen LogP contribution in [0.15, 0.2) is 0 Å². The largest absolute Gasteiger partial charge is 0.394 e. The molecule has 0 saturated heterocycles. The van der Waals surface area contributed by atoms with E-state index in [1.165, 1.54) is 283 Å². The monoisotopic (exact) mass is 892 g/mol. The molecule has 4 N–H and O–H groups in total. The summed E-state index contributed by atoms with van der Waals surface area (Å²) in [5.74, 6) is -0.136. The van der Waals surface area contributed by atoms with Crippen LogP contribution in [0.3, 0.4) is 0 Å². The first-order valence-electron chi connectivity index (χ1n) is 29.3. The zero-order chi connectivity index (χ0) is 45.8. The topological polar surface area (TPSA) is 89.8 Å². The van der Waals surface area contributed by atoms with Crippen molar-refractivity contribution < 1.29 is 20.1 Å². The van der Waals surface area contributed by atoms with Crippen LogP contribution < -0.4 is 5.32 Å². The normalized spacial score (nSPS) is 13.2. The molecular weight excluding hydrogens is 775 g/mol. The maximum atomic E-state index is 12.5. The molecule has 0 aliphatic rings. The minimum Gasteiger partial charge on any atom is -0.394 e. The second kappa shape index (κ2) is 54.0. The minimum atomic E-state index is -1.13. The highest BCUT2D eigenvalue weighted by Gasteiger charge is 2.26. The summed E-state index contributed by atoms with van der Waals surface area (Å²) in [5.41, 5.74) is 0. The van der Waals surface area contributed by atoms with Crippen molar-refractivity contribution >= 4 is 5.91 Å². The maximum Gasteiger partial charge on any atom is 0.220 e. The van der Waals surface area contributed by atoms with Crippen LogP contribution in [-0.4, -0.2) is 46.1 Å². The molecule has 63 heavy (non-hydrogen) atoms. The second-order valence-corrected chi connectivity index (χ2v) is 20.6. The SMILES string of the molecule is CCCCCCCCCCCCCCCCCCCCCCCCCCCCCCCCCCCCCC(=O)NC(CO)C(O)C(O)CCCCCCCCCCCCCCCC. The smallest absolute Gasteiger partial charge is 0.220 e. The van der Waals surface area contributed by atoms with Crippen LogP contribution >= 0.6 is 0 Å². The van der Waals surface area contributed by atoms with Gasteiger partial charge in [-0.15, -0.1) is 0 Å². The molecule has 0 spiro atoms. The number of nitrogens with one attached hydrogen (secondary N) is 1. The van der Waals surface area contributed by atoms with Gasteiger partial charge in [0.25, 0.3) is 0 Å². The van der Waals surface area contributed by atoms with Gasteiger partial charge in [-0.05, 0) is 12.8 Å². The van der Waals surface area contributed by atoms with Crippen molar-refractivity contribution in [1.82, 2.24) is 5.32 Å². The van der Waals surface area contributed by atoms with Gasteiger partial charge in [0.15, 0.2) is 0 Å². The van der Waals surface area contributed by atoms with E-state index in [2.05, 4.69) is 19.2 Å². The minimum absolute atomic E-state index is 0.136. The number of aliphatic hydroxyl groups excluding tert-OH is 3. The highest BCUT2D eigenvalue weighted by Crippen LogP contribution is 2.19. The van der Waals surface area contributed by atoms with E-state index in [1.807, 2.05) is 0 Å². The van der Waals surface area contributed by atoms with E-state index in [-0.39, 0.29) is 12.5 Å². The Morgan fingerprint density at radius 3 is 0.762 bits per heavy atom. The van der Waals surface area contributed by atoms with E-state index < -0.39 is 18.2 Å². The average molecular weight is 893 g/mol. The number of rotatable bonds is 55. The molecule has 0 aliphatic heterocycles. The Labute approximate surface area is 396 Å². The summed E-state index contributed by atoms with van der Waals surface area (Å²) in [6, 6.07) is -0.804. The summed E-state index contributed by atoms with van der Waals surface area (Å²) < 4.78 is 0. The summed E-state index contributed by atoms with van der Waals surface area (Å²) in [5, 5.41) is 33.7. The molecule has 1 amide bonds. The maximum absolute atomic E-state index is 12.5. The molecule has 0 aliphatic carbocycles. The third-order valence-corrected chi connectivity index (χ3v) is 14.2. The number of hydrogen-bond acceptors (Lipinski definition) is 4. The van der Waals surface area contributed by atoms with Crippen LogP contribution in [0.2, 0.25) is 0 Å².